The van der Waals surface area contributed by atoms with Crippen molar-refractivity contribution in [3.05, 3.63) is 34.9 Å². The molecule has 0 spiro atoms. The molecule has 0 unspecified atom stereocenters. The SMILES string of the molecule is COc1cccc2c1CCC1=C2CNCC1. The van der Waals surface area contributed by atoms with Crippen molar-refractivity contribution >= 4 is 5.57 Å². The fourth-order valence-electron chi connectivity index (χ4n) is 2.86. The van der Waals surface area contributed by atoms with Gasteiger partial charge in [-0.25, -0.2) is 0 Å². The van der Waals surface area contributed by atoms with E-state index in [0.29, 0.717) is 0 Å². The number of hydrogen-bond donors (Lipinski definition) is 1. The van der Waals surface area contributed by atoms with Gasteiger partial charge in [-0.05, 0) is 43.0 Å². The molecule has 1 N–H and O–H groups in total. The van der Waals surface area contributed by atoms with Crippen LogP contribution >= 0.6 is 0 Å². The third-order valence-electron chi connectivity index (χ3n) is 3.69. The third kappa shape index (κ3) is 1.45. The van der Waals surface area contributed by atoms with Crippen LogP contribution in [0.3, 0.4) is 0 Å². The quantitative estimate of drug-likeness (QED) is 0.776. The van der Waals surface area contributed by atoms with Crippen molar-refractivity contribution in [2.45, 2.75) is 19.3 Å². The molecule has 0 atom stereocenters. The Hall–Kier alpha value is -1.28. The van der Waals surface area contributed by atoms with Crippen LogP contribution in [0.4, 0.5) is 0 Å². The predicted octanol–water partition coefficient (Wildman–Crippen LogP) is 2.39. The smallest absolute Gasteiger partial charge is 0.122 e. The summed E-state index contributed by atoms with van der Waals surface area (Å²) >= 11 is 0. The minimum absolute atomic E-state index is 1.02. The van der Waals surface area contributed by atoms with Gasteiger partial charge in [-0.3, -0.25) is 0 Å². The van der Waals surface area contributed by atoms with Gasteiger partial charge in [0.1, 0.15) is 5.75 Å². The second kappa shape index (κ2) is 3.95. The lowest BCUT2D eigenvalue weighted by Crippen LogP contribution is -2.26. The molecule has 3 rings (SSSR count). The molecule has 0 saturated heterocycles. The highest BCUT2D eigenvalue weighted by Gasteiger charge is 2.22. The first-order valence-electron chi connectivity index (χ1n) is 5.98. The number of hydrogen-bond acceptors (Lipinski definition) is 2. The molecule has 2 nitrogen and oxygen atoms in total. The lowest BCUT2D eigenvalue weighted by molar-refractivity contribution is 0.408. The van der Waals surface area contributed by atoms with Crippen molar-refractivity contribution in [1.29, 1.82) is 0 Å². The maximum atomic E-state index is 5.45. The lowest BCUT2D eigenvalue weighted by Gasteiger charge is -2.28. The fourth-order valence-corrected chi connectivity index (χ4v) is 2.86. The zero-order valence-corrected chi connectivity index (χ0v) is 9.68. The molecular weight excluding hydrogens is 198 g/mol. The van der Waals surface area contributed by atoms with Crippen LogP contribution in [0, 0.1) is 0 Å². The first-order chi connectivity index (χ1) is 7.90. The van der Waals surface area contributed by atoms with Gasteiger partial charge in [-0.1, -0.05) is 17.7 Å². The van der Waals surface area contributed by atoms with Crippen molar-refractivity contribution in [2.75, 3.05) is 20.2 Å². The highest BCUT2D eigenvalue weighted by Crippen LogP contribution is 2.37. The zero-order valence-electron chi connectivity index (χ0n) is 9.68. The molecule has 0 amide bonds. The second-order valence-corrected chi connectivity index (χ2v) is 4.50. The van der Waals surface area contributed by atoms with E-state index < -0.39 is 0 Å². The van der Waals surface area contributed by atoms with Crippen molar-refractivity contribution in [1.82, 2.24) is 5.32 Å². The highest BCUT2D eigenvalue weighted by molar-refractivity contribution is 5.76. The number of methoxy groups -OCH3 is 1. The van der Waals surface area contributed by atoms with Crippen LogP contribution < -0.4 is 10.1 Å². The van der Waals surface area contributed by atoms with Crippen LogP contribution in [0.1, 0.15) is 24.0 Å². The Kier molecular flexibility index (Phi) is 2.44. The Balaban J connectivity index is 2.13. The molecule has 2 heteroatoms. The van der Waals surface area contributed by atoms with E-state index in [0.717, 1.165) is 25.3 Å². The summed E-state index contributed by atoms with van der Waals surface area (Å²) in [5.41, 5.74) is 5.98. The normalized spacial score (nSPS) is 19.1. The van der Waals surface area contributed by atoms with E-state index in [1.165, 1.54) is 29.5 Å². The van der Waals surface area contributed by atoms with E-state index in [1.807, 2.05) is 0 Å². The zero-order chi connectivity index (χ0) is 11.0. The van der Waals surface area contributed by atoms with Crippen molar-refractivity contribution in [3.63, 3.8) is 0 Å². The standard InChI is InChI=1S/C14H17NO/c1-16-14-4-2-3-11-12(14)6-5-10-7-8-15-9-13(10)11/h2-4,15H,5-9H2,1H3. The van der Waals surface area contributed by atoms with Gasteiger partial charge in [0.05, 0.1) is 7.11 Å². The van der Waals surface area contributed by atoms with Crippen LogP contribution in [0.5, 0.6) is 5.75 Å². The molecule has 1 heterocycles. The molecule has 0 fully saturated rings. The summed E-state index contributed by atoms with van der Waals surface area (Å²) in [5.74, 6) is 1.05. The molecule has 0 bridgehead atoms. The maximum Gasteiger partial charge on any atom is 0.122 e. The molecule has 1 aromatic carbocycles. The van der Waals surface area contributed by atoms with Gasteiger partial charge < -0.3 is 10.1 Å². The summed E-state index contributed by atoms with van der Waals surface area (Å²) in [6.07, 6.45) is 3.56. The van der Waals surface area contributed by atoms with Crippen LogP contribution in [-0.2, 0) is 6.42 Å². The van der Waals surface area contributed by atoms with E-state index >= 15 is 0 Å². The van der Waals surface area contributed by atoms with E-state index in [2.05, 4.69) is 23.5 Å². The number of benzene rings is 1. The van der Waals surface area contributed by atoms with Crippen LogP contribution in [0.2, 0.25) is 0 Å². The third-order valence-corrected chi connectivity index (χ3v) is 3.69. The molecule has 1 aliphatic heterocycles. The summed E-state index contributed by atoms with van der Waals surface area (Å²) in [5, 5.41) is 3.46. The summed E-state index contributed by atoms with van der Waals surface area (Å²) in [6.45, 7) is 2.16. The molecule has 16 heavy (non-hydrogen) atoms. The van der Waals surface area contributed by atoms with Crippen molar-refractivity contribution in [3.8, 4) is 5.75 Å². The first-order valence-corrected chi connectivity index (χ1v) is 5.98. The lowest BCUT2D eigenvalue weighted by atomic mass is 9.82. The second-order valence-electron chi connectivity index (χ2n) is 4.50. The Morgan fingerprint density at radius 3 is 3.00 bits per heavy atom. The van der Waals surface area contributed by atoms with Crippen molar-refractivity contribution in [2.24, 2.45) is 0 Å². The predicted molar refractivity (Wildman–Crippen MR) is 65.7 cm³/mol. The van der Waals surface area contributed by atoms with Gasteiger partial charge in [0, 0.05) is 12.1 Å². The van der Waals surface area contributed by atoms with Gasteiger partial charge in [0.15, 0.2) is 0 Å². The molecule has 1 aliphatic carbocycles. The number of fused-ring (bicyclic) bond motifs is 2. The maximum absolute atomic E-state index is 5.45. The molecule has 0 aromatic heterocycles. The number of rotatable bonds is 1. The van der Waals surface area contributed by atoms with E-state index in [9.17, 15) is 0 Å². The Morgan fingerprint density at radius 2 is 2.12 bits per heavy atom. The monoisotopic (exact) mass is 215 g/mol. The molecule has 2 aliphatic rings. The Bertz CT molecular complexity index is 448. The van der Waals surface area contributed by atoms with E-state index in [1.54, 1.807) is 12.7 Å². The van der Waals surface area contributed by atoms with Gasteiger partial charge in [0.25, 0.3) is 0 Å². The average Bonchev–Trinajstić information content (AvgIpc) is 2.37. The molecule has 0 saturated carbocycles. The van der Waals surface area contributed by atoms with Crippen LogP contribution in [-0.4, -0.2) is 20.2 Å². The molecular formula is C14H17NO. The van der Waals surface area contributed by atoms with Crippen molar-refractivity contribution < 1.29 is 4.74 Å². The Morgan fingerprint density at radius 1 is 1.19 bits per heavy atom. The highest BCUT2D eigenvalue weighted by atomic mass is 16.5. The first kappa shape index (κ1) is 9.91. The summed E-state index contributed by atoms with van der Waals surface area (Å²) in [7, 11) is 1.76. The molecule has 0 radical (unpaired) electrons. The molecule has 84 valence electrons. The minimum Gasteiger partial charge on any atom is -0.496 e. The van der Waals surface area contributed by atoms with Gasteiger partial charge >= 0.3 is 0 Å². The molecule has 1 aromatic rings. The van der Waals surface area contributed by atoms with Gasteiger partial charge in [-0.15, -0.1) is 0 Å². The average molecular weight is 215 g/mol. The van der Waals surface area contributed by atoms with Crippen LogP contribution in [0.25, 0.3) is 5.57 Å². The van der Waals surface area contributed by atoms with Crippen LogP contribution in [0.15, 0.2) is 23.8 Å². The van der Waals surface area contributed by atoms with Gasteiger partial charge in [0.2, 0.25) is 0 Å². The number of nitrogens with one attached hydrogen (secondary N) is 1. The summed E-state index contributed by atoms with van der Waals surface area (Å²) in [6, 6.07) is 6.40. The topological polar surface area (TPSA) is 21.3 Å². The van der Waals surface area contributed by atoms with E-state index in [-0.39, 0.29) is 0 Å². The summed E-state index contributed by atoms with van der Waals surface area (Å²) in [4.78, 5) is 0. The Labute approximate surface area is 96.3 Å². The van der Waals surface area contributed by atoms with E-state index in [4.69, 9.17) is 4.74 Å². The largest absolute Gasteiger partial charge is 0.496 e. The fraction of sp³-hybridized carbons (Fsp3) is 0.429. The summed E-state index contributed by atoms with van der Waals surface area (Å²) < 4.78 is 5.45. The minimum atomic E-state index is 1.02. The number of ether oxygens (including phenoxy) is 1. The van der Waals surface area contributed by atoms with Gasteiger partial charge in [-0.2, -0.15) is 0 Å².